The van der Waals surface area contributed by atoms with Crippen LogP contribution in [0.4, 0.5) is 5.95 Å². The Bertz CT molecular complexity index is 893. The molecule has 0 bridgehead atoms. The molecule has 140 valence electrons. The van der Waals surface area contributed by atoms with E-state index in [4.69, 9.17) is 9.40 Å². The quantitative estimate of drug-likeness (QED) is 0.714. The minimum absolute atomic E-state index is 0.553. The fourth-order valence-corrected chi connectivity index (χ4v) is 3.80. The first kappa shape index (κ1) is 17.7. The molecule has 0 aromatic carbocycles. The Morgan fingerprint density at radius 3 is 2.81 bits per heavy atom. The SMILES string of the molecule is CCN1CCC[C@H]1CNc1ncc(-c2ccncc2)c(-c2ccoc2C)n1. The van der Waals surface area contributed by atoms with Crippen LogP contribution in [-0.2, 0) is 0 Å². The number of hydrogen-bond donors (Lipinski definition) is 1. The Morgan fingerprint density at radius 1 is 1.22 bits per heavy atom. The van der Waals surface area contributed by atoms with E-state index in [1.165, 1.54) is 19.4 Å². The summed E-state index contributed by atoms with van der Waals surface area (Å²) in [6, 6.07) is 6.46. The van der Waals surface area contributed by atoms with Gasteiger partial charge in [-0.15, -0.1) is 0 Å². The Kier molecular flexibility index (Phi) is 5.16. The van der Waals surface area contributed by atoms with Crippen LogP contribution in [0.15, 0.2) is 47.5 Å². The molecule has 3 aromatic heterocycles. The molecule has 27 heavy (non-hydrogen) atoms. The monoisotopic (exact) mass is 363 g/mol. The summed E-state index contributed by atoms with van der Waals surface area (Å²) in [5.74, 6) is 1.51. The number of likely N-dealkylation sites (tertiary alicyclic amines) is 1. The molecule has 3 aromatic rings. The van der Waals surface area contributed by atoms with Crippen molar-refractivity contribution in [3.05, 3.63) is 48.8 Å². The van der Waals surface area contributed by atoms with Crippen LogP contribution in [0.5, 0.6) is 0 Å². The molecule has 0 radical (unpaired) electrons. The molecule has 1 aliphatic heterocycles. The zero-order valence-corrected chi connectivity index (χ0v) is 15.9. The molecule has 4 heterocycles. The van der Waals surface area contributed by atoms with Crippen molar-refractivity contribution in [3.63, 3.8) is 0 Å². The van der Waals surface area contributed by atoms with Gasteiger partial charge in [-0.25, -0.2) is 9.97 Å². The van der Waals surface area contributed by atoms with E-state index in [0.29, 0.717) is 12.0 Å². The summed E-state index contributed by atoms with van der Waals surface area (Å²) in [6.07, 6.45) is 9.65. The van der Waals surface area contributed by atoms with E-state index in [2.05, 4.69) is 27.1 Å². The maximum absolute atomic E-state index is 5.52. The number of anilines is 1. The summed E-state index contributed by atoms with van der Waals surface area (Å²) < 4.78 is 5.52. The molecule has 6 heteroatoms. The number of nitrogens with one attached hydrogen (secondary N) is 1. The average Bonchev–Trinajstić information content (AvgIpc) is 3.35. The van der Waals surface area contributed by atoms with Gasteiger partial charge in [-0.1, -0.05) is 6.92 Å². The van der Waals surface area contributed by atoms with Gasteiger partial charge in [0.05, 0.1) is 12.0 Å². The van der Waals surface area contributed by atoms with E-state index in [1.807, 2.05) is 31.3 Å². The number of likely N-dealkylation sites (N-methyl/N-ethyl adjacent to an activating group) is 1. The van der Waals surface area contributed by atoms with Crippen molar-refractivity contribution in [2.24, 2.45) is 0 Å². The van der Waals surface area contributed by atoms with Gasteiger partial charge in [0.1, 0.15) is 5.76 Å². The maximum atomic E-state index is 5.52. The van der Waals surface area contributed by atoms with Crippen molar-refractivity contribution in [1.29, 1.82) is 0 Å². The van der Waals surface area contributed by atoms with Gasteiger partial charge >= 0.3 is 0 Å². The van der Waals surface area contributed by atoms with E-state index in [1.54, 1.807) is 18.7 Å². The molecule has 6 nitrogen and oxygen atoms in total. The predicted molar refractivity (Wildman–Crippen MR) is 106 cm³/mol. The van der Waals surface area contributed by atoms with Crippen LogP contribution in [0, 0.1) is 6.92 Å². The average molecular weight is 363 g/mol. The van der Waals surface area contributed by atoms with Gasteiger partial charge in [0.25, 0.3) is 0 Å². The van der Waals surface area contributed by atoms with E-state index in [9.17, 15) is 0 Å². The smallest absolute Gasteiger partial charge is 0.223 e. The second-order valence-electron chi connectivity index (χ2n) is 6.89. The van der Waals surface area contributed by atoms with Crippen molar-refractivity contribution >= 4 is 5.95 Å². The number of aryl methyl sites for hydroxylation is 1. The van der Waals surface area contributed by atoms with Crippen LogP contribution in [0.3, 0.4) is 0 Å². The zero-order valence-electron chi connectivity index (χ0n) is 15.9. The lowest BCUT2D eigenvalue weighted by molar-refractivity contribution is 0.277. The molecule has 0 saturated carbocycles. The maximum Gasteiger partial charge on any atom is 0.223 e. The van der Waals surface area contributed by atoms with Gasteiger partial charge in [0.2, 0.25) is 5.95 Å². The van der Waals surface area contributed by atoms with Crippen LogP contribution < -0.4 is 5.32 Å². The van der Waals surface area contributed by atoms with Gasteiger partial charge in [0.15, 0.2) is 0 Å². The van der Waals surface area contributed by atoms with E-state index >= 15 is 0 Å². The third-order valence-corrected chi connectivity index (χ3v) is 5.30. The predicted octanol–water partition coefficient (Wildman–Crippen LogP) is 4.00. The van der Waals surface area contributed by atoms with Gasteiger partial charge in [-0.3, -0.25) is 9.88 Å². The number of hydrogen-bond acceptors (Lipinski definition) is 6. The highest BCUT2D eigenvalue weighted by Gasteiger charge is 2.23. The normalized spacial score (nSPS) is 17.3. The third-order valence-electron chi connectivity index (χ3n) is 5.30. The van der Waals surface area contributed by atoms with Crippen LogP contribution in [0.2, 0.25) is 0 Å². The van der Waals surface area contributed by atoms with Crippen molar-refractivity contribution in [1.82, 2.24) is 19.9 Å². The summed E-state index contributed by atoms with van der Waals surface area (Å²) >= 11 is 0. The molecular weight excluding hydrogens is 338 g/mol. The van der Waals surface area contributed by atoms with Crippen molar-refractivity contribution < 1.29 is 4.42 Å². The molecule has 0 aliphatic carbocycles. The molecule has 1 fully saturated rings. The molecule has 4 rings (SSSR count). The van der Waals surface area contributed by atoms with Crippen molar-refractivity contribution in [2.45, 2.75) is 32.7 Å². The first-order chi connectivity index (χ1) is 13.3. The molecule has 1 atom stereocenters. The summed E-state index contributed by atoms with van der Waals surface area (Å²) in [4.78, 5) is 16.0. The highest BCUT2D eigenvalue weighted by molar-refractivity contribution is 5.81. The Morgan fingerprint density at radius 2 is 2.07 bits per heavy atom. The summed E-state index contributed by atoms with van der Waals surface area (Å²) in [5, 5.41) is 3.44. The lowest BCUT2D eigenvalue weighted by atomic mass is 10.0. The molecule has 0 spiro atoms. The first-order valence-corrected chi connectivity index (χ1v) is 9.56. The number of nitrogens with zero attached hydrogens (tertiary/aromatic N) is 4. The largest absolute Gasteiger partial charge is 0.469 e. The van der Waals surface area contributed by atoms with Gasteiger partial charge in [0, 0.05) is 42.3 Å². The molecule has 1 N–H and O–H groups in total. The summed E-state index contributed by atoms with van der Waals surface area (Å²) in [5.41, 5.74) is 3.88. The van der Waals surface area contributed by atoms with Crippen LogP contribution in [-0.4, -0.2) is 45.5 Å². The minimum atomic E-state index is 0.553. The van der Waals surface area contributed by atoms with Crippen molar-refractivity contribution in [3.8, 4) is 22.4 Å². The zero-order chi connectivity index (χ0) is 18.6. The Balaban J connectivity index is 1.64. The lowest BCUT2D eigenvalue weighted by Gasteiger charge is -2.23. The molecule has 1 saturated heterocycles. The third kappa shape index (κ3) is 3.71. The highest BCUT2D eigenvalue weighted by atomic mass is 16.3. The molecular formula is C21H25N5O. The van der Waals surface area contributed by atoms with Crippen LogP contribution in [0.25, 0.3) is 22.4 Å². The molecule has 0 unspecified atom stereocenters. The number of furan rings is 1. The second kappa shape index (κ2) is 7.88. The van der Waals surface area contributed by atoms with Gasteiger partial charge in [-0.05, 0) is 56.6 Å². The first-order valence-electron chi connectivity index (χ1n) is 9.56. The molecule has 0 amide bonds. The van der Waals surface area contributed by atoms with Crippen LogP contribution >= 0.6 is 0 Å². The second-order valence-corrected chi connectivity index (χ2v) is 6.89. The van der Waals surface area contributed by atoms with E-state index in [-0.39, 0.29) is 0 Å². The Hall–Kier alpha value is -2.73. The fraction of sp³-hybridized carbons (Fsp3) is 0.381. The fourth-order valence-electron chi connectivity index (χ4n) is 3.80. The van der Waals surface area contributed by atoms with Gasteiger partial charge in [-0.2, -0.15) is 0 Å². The van der Waals surface area contributed by atoms with E-state index in [0.717, 1.165) is 41.2 Å². The summed E-state index contributed by atoms with van der Waals surface area (Å²) in [6.45, 7) is 7.32. The number of rotatable bonds is 6. The number of aromatic nitrogens is 3. The summed E-state index contributed by atoms with van der Waals surface area (Å²) in [7, 11) is 0. The minimum Gasteiger partial charge on any atom is -0.469 e. The number of pyridine rings is 1. The van der Waals surface area contributed by atoms with Crippen LogP contribution in [0.1, 0.15) is 25.5 Å². The van der Waals surface area contributed by atoms with E-state index < -0.39 is 0 Å². The topological polar surface area (TPSA) is 67.1 Å². The molecule has 1 aliphatic rings. The lowest BCUT2D eigenvalue weighted by Crippen LogP contribution is -2.34. The standard InChI is InChI=1S/C21H25N5O/c1-3-26-11-4-5-17(26)13-23-21-24-14-19(16-6-9-22-10-7-16)20(25-21)18-8-12-27-15(18)2/h6-10,12,14,17H,3-5,11,13H2,1-2H3,(H,23,24,25)/t17-/m0/s1. The van der Waals surface area contributed by atoms with Crippen molar-refractivity contribution in [2.75, 3.05) is 25.0 Å². The highest BCUT2D eigenvalue weighted by Crippen LogP contribution is 2.33. The van der Waals surface area contributed by atoms with Gasteiger partial charge < -0.3 is 9.73 Å². The Labute approximate surface area is 159 Å².